The number of hydrogen-bond acceptors (Lipinski definition) is 8. The summed E-state index contributed by atoms with van der Waals surface area (Å²) in [5.74, 6) is 0.401. The minimum Gasteiger partial charge on any atom is -0.496 e. The average molecular weight is 611 g/mol. The van der Waals surface area contributed by atoms with Gasteiger partial charge in [0.1, 0.15) is 23.0 Å². The second-order valence-electron chi connectivity index (χ2n) is 10.1. The first-order valence-corrected chi connectivity index (χ1v) is 15.0. The van der Waals surface area contributed by atoms with E-state index in [4.69, 9.17) is 18.9 Å². The summed E-state index contributed by atoms with van der Waals surface area (Å²) in [5, 5.41) is 19.6. The van der Waals surface area contributed by atoms with Gasteiger partial charge in [0.05, 0.1) is 50.4 Å². The van der Waals surface area contributed by atoms with E-state index in [1.165, 1.54) is 22.7 Å². The number of aliphatic carboxylic acids is 2. The lowest BCUT2D eigenvalue weighted by Crippen LogP contribution is -2.07. The zero-order valence-corrected chi connectivity index (χ0v) is 26.0. The van der Waals surface area contributed by atoms with Gasteiger partial charge >= 0.3 is 11.9 Å². The topological polar surface area (TPSA) is 112 Å². The SMILES string of the molecule is COc1cccc(OC(C)C)c1-c1cc(CC(=O)O)c(-c2cc(CC(=O)O)c(-c3c(OC)cccc3OC(C)C)s2)s1. The van der Waals surface area contributed by atoms with Crippen LogP contribution in [0.25, 0.3) is 30.6 Å². The van der Waals surface area contributed by atoms with Gasteiger partial charge in [-0.1, -0.05) is 12.1 Å². The molecule has 0 aliphatic heterocycles. The van der Waals surface area contributed by atoms with Gasteiger partial charge in [-0.25, -0.2) is 0 Å². The van der Waals surface area contributed by atoms with E-state index in [9.17, 15) is 19.8 Å². The molecule has 2 aromatic carbocycles. The van der Waals surface area contributed by atoms with Gasteiger partial charge < -0.3 is 29.2 Å². The molecule has 0 amide bonds. The molecule has 10 heteroatoms. The lowest BCUT2D eigenvalue weighted by atomic mass is 10.0. The maximum absolute atomic E-state index is 12.0. The van der Waals surface area contributed by atoms with Crippen LogP contribution in [0.1, 0.15) is 38.8 Å². The first-order valence-electron chi connectivity index (χ1n) is 13.4. The highest BCUT2D eigenvalue weighted by Gasteiger charge is 2.26. The molecule has 0 aliphatic rings. The summed E-state index contributed by atoms with van der Waals surface area (Å²) >= 11 is 2.80. The normalized spacial score (nSPS) is 11.1. The predicted octanol–water partition coefficient (Wildman–Crippen LogP) is 7.66. The Balaban J connectivity index is 1.97. The van der Waals surface area contributed by atoms with E-state index >= 15 is 0 Å². The van der Waals surface area contributed by atoms with Crippen molar-refractivity contribution in [1.29, 1.82) is 0 Å². The quantitative estimate of drug-likeness (QED) is 0.159. The van der Waals surface area contributed by atoms with E-state index in [1.807, 2.05) is 76.2 Å². The minimum absolute atomic E-state index is 0.0877. The number of hydrogen-bond donors (Lipinski definition) is 2. The Labute approximate surface area is 253 Å². The zero-order chi connectivity index (χ0) is 30.6. The summed E-state index contributed by atoms with van der Waals surface area (Å²) in [6, 6.07) is 14.7. The Hall–Kier alpha value is -4.02. The van der Waals surface area contributed by atoms with Crippen LogP contribution in [0.2, 0.25) is 0 Å². The lowest BCUT2D eigenvalue weighted by molar-refractivity contribution is -0.137. The van der Waals surface area contributed by atoms with Crippen LogP contribution in [-0.2, 0) is 22.4 Å². The Morgan fingerprint density at radius 3 is 1.60 bits per heavy atom. The van der Waals surface area contributed by atoms with E-state index in [0.29, 0.717) is 44.6 Å². The van der Waals surface area contributed by atoms with Crippen LogP contribution in [0.3, 0.4) is 0 Å². The van der Waals surface area contributed by atoms with Crippen LogP contribution < -0.4 is 18.9 Å². The fraction of sp³-hybridized carbons (Fsp3) is 0.312. The van der Waals surface area contributed by atoms with Crippen molar-refractivity contribution in [2.24, 2.45) is 0 Å². The minimum atomic E-state index is -0.982. The van der Waals surface area contributed by atoms with Gasteiger partial charge in [-0.15, -0.1) is 22.7 Å². The molecule has 0 bridgehead atoms. The molecular weight excluding hydrogens is 576 g/mol. The van der Waals surface area contributed by atoms with Crippen LogP contribution >= 0.6 is 22.7 Å². The summed E-state index contributed by atoms with van der Waals surface area (Å²) in [6.45, 7) is 7.71. The maximum atomic E-state index is 12.0. The van der Waals surface area contributed by atoms with E-state index in [0.717, 1.165) is 20.2 Å². The number of benzene rings is 2. The number of carboxylic acids is 2. The van der Waals surface area contributed by atoms with E-state index < -0.39 is 11.9 Å². The van der Waals surface area contributed by atoms with Gasteiger partial charge in [0.2, 0.25) is 0 Å². The summed E-state index contributed by atoms with van der Waals surface area (Å²) < 4.78 is 23.6. The molecule has 4 rings (SSSR count). The predicted molar refractivity (Wildman–Crippen MR) is 166 cm³/mol. The summed E-state index contributed by atoms with van der Waals surface area (Å²) in [7, 11) is 3.14. The maximum Gasteiger partial charge on any atom is 0.307 e. The molecule has 4 aromatic rings. The third-order valence-corrected chi connectivity index (χ3v) is 8.71. The molecule has 0 fully saturated rings. The molecule has 2 N–H and O–H groups in total. The first-order chi connectivity index (χ1) is 20.0. The molecule has 0 unspecified atom stereocenters. The van der Waals surface area contributed by atoms with Gasteiger partial charge in [-0.05, 0) is 75.2 Å². The van der Waals surface area contributed by atoms with Crippen LogP contribution in [0.4, 0.5) is 0 Å². The highest BCUT2D eigenvalue weighted by atomic mass is 32.1. The molecule has 8 nitrogen and oxygen atoms in total. The fourth-order valence-corrected chi connectivity index (χ4v) is 7.24. The van der Waals surface area contributed by atoms with Gasteiger partial charge in [0.25, 0.3) is 0 Å². The monoisotopic (exact) mass is 610 g/mol. The fourth-order valence-electron chi connectivity index (χ4n) is 4.63. The van der Waals surface area contributed by atoms with Gasteiger partial charge in [-0.3, -0.25) is 9.59 Å². The van der Waals surface area contributed by atoms with Crippen molar-refractivity contribution in [3.63, 3.8) is 0 Å². The summed E-state index contributed by atoms with van der Waals surface area (Å²) in [6.07, 6.45) is -0.644. The number of carbonyl (C=O) groups is 2. The molecular formula is C32H34O8S2. The molecule has 0 aliphatic carbocycles. The van der Waals surface area contributed by atoms with Crippen LogP contribution in [0.5, 0.6) is 23.0 Å². The van der Waals surface area contributed by atoms with Gasteiger partial charge in [-0.2, -0.15) is 0 Å². The average Bonchev–Trinajstić information content (AvgIpc) is 3.50. The van der Waals surface area contributed by atoms with Crippen molar-refractivity contribution in [2.45, 2.75) is 52.7 Å². The molecule has 0 saturated carbocycles. The molecule has 2 heterocycles. The Bertz CT molecular complexity index is 1580. The summed E-state index contributed by atoms with van der Waals surface area (Å²) in [5.41, 5.74) is 2.59. The molecule has 0 atom stereocenters. The summed E-state index contributed by atoms with van der Waals surface area (Å²) in [4.78, 5) is 26.9. The van der Waals surface area contributed by atoms with Crippen molar-refractivity contribution < 1.29 is 38.7 Å². The van der Waals surface area contributed by atoms with Crippen molar-refractivity contribution in [2.75, 3.05) is 14.2 Å². The molecule has 42 heavy (non-hydrogen) atoms. The van der Waals surface area contributed by atoms with Crippen molar-refractivity contribution in [3.05, 3.63) is 59.7 Å². The molecule has 0 radical (unpaired) electrons. The molecule has 222 valence electrons. The molecule has 2 aromatic heterocycles. The number of carboxylic acid groups (broad SMARTS) is 2. The standard InChI is InChI=1S/C32H34O8S2/c1-17(2)39-23-11-7-9-21(37-5)29(23)25-13-19(15-27(33)34)31(41-25)26-14-20(16-28(35)36)32(42-26)30-22(38-6)10-8-12-24(30)40-18(3)4/h7-14,17-18H,15-16H2,1-6H3,(H,33,34)(H,35,36). The molecule has 0 saturated heterocycles. The van der Waals surface area contributed by atoms with E-state index in [-0.39, 0.29) is 25.0 Å². The number of rotatable bonds is 13. The van der Waals surface area contributed by atoms with Gasteiger partial charge in [0, 0.05) is 19.5 Å². The van der Waals surface area contributed by atoms with Crippen molar-refractivity contribution >= 4 is 34.6 Å². The Morgan fingerprint density at radius 1 is 0.667 bits per heavy atom. The van der Waals surface area contributed by atoms with Gasteiger partial charge in [0.15, 0.2) is 0 Å². The van der Waals surface area contributed by atoms with Crippen LogP contribution in [-0.4, -0.2) is 48.6 Å². The number of thiophene rings is 2. The number of methoxy groups -OCH3 is 2. The van der Waals surface area contributed by atoms with E-state index in [2.05, 4.69) is 0 Å². The largest absolute Gasteiger partial charge is 0.496 e. The third kappa shape index (κ3) is 6.88. The zero-order valence-electron chi connectivity index (χ0n) is 24.3. The number of ether oxygens (including phenoxy) is 4. The lowest BCUT2D eigenvalue weighted by Gasteiger charge is -2.17. The van der Waals surface area contributed by atoms with E-state index in [1.54, 1.807) is 14.2 Å². The Kier molecular flexibility index (Phi) is 9.80. The highest BCUT2D eigenvalue weighted by Crippen LogP contribution is 2.51. The smallest absolute Gasteiger partial charge is 0.307 e. The Morgan fingerprint density at radius 2 is 1.10 bits per heavy atom. The van der Waals surface area contributed by atoms with Crippen molar-refractivity contribution in [3.8, 4) is 53.6 Å². The van der Waals surface area contributed by atoms with Crippen LogP contribution in [0, 0.1) is 0 Å². The molecule has 0 spiro atoms. The second kappa shape index (κ2) is 13.3. The third-order valence-electron chi connectivity index (χ3n) is 6.14. The van der Waals surface area contributed by atoms with Crippen LogP contribution in [0.15, 0.2) is 48.5 Å². The second-order valence-corrected chi connectivity index (χ2v) is 12.2. The first kappa shape index (κ1) is 30.9. The highest BCUT2D eigenvalue weighted by molar-refractivity contribution is 7.25. The van der Waals surface area contributed by atoms with Crippen molar-refractivity contribution in [1.82, 2.24) is 0 Å².